The quantitative estimate of drug-likeness (QED) is 0.400. The van der Waals surface area contributed by atoms with E-state index in [1.807, 2.05) is 0 Å². The number of fused-ring (bicyclic) bond motifs is 1. The summed E-state index contributed by atoms with van der Waals surface area (Å²) in [5, 5.41) is 0. The van der Waals surface area contributed by atoms with Crippen molar-refractivity contribution in [2.45, 2.75) is 45.3 Å². The lowest BCUT2D eigenvalue weighted by atomic mass is 10.1. The first kappa shape index (κ1) is 22.0. The number of ether oxygens (including phenoxy) is 4. The van der Waals surface area contributed by atoms with Gasteiger partial charge >= 0.3 is 23.6 Å². The van der Waals surface area contributed by atoms with Crippen molar-refractivity contribution >= 4 is 35.0 Å². The zero-order chi connectivity index (χ0) is 23.0. The van der Waals surface area contributed by atoms with Gasteiger partial charge in [-0.15, -0.1) is 0 Å². The zero-order valence-corrected chi connectivity index (χ0v) is 17.1. The fraction of sp³-hybridized carbons (Fsp3) is 0.529. The summed E-state index contributed by atoms with van der Waals surface area (Å²) >= 11 is 0. The highest BCUT2D eigenvalue weighted by Crippen LogP contribution is 2.35. The first-order valence-corrected chi connectivity index (χ1v) is 9.11. The van der Waals surface area contributed by atoms with Crippen LogP contribution in [0.4, 0.5) is 5.95 Å². The lowest BCUT2D eigenvalue weighted by Gasteiger charge is -2.23. The number of aromatic nitrogens is 4. The molecule has 3 N–H and O–H groups in total. The third-order valence-corrected chi connectivity index (χ3v) is 4.55. The van der Waals surface area contributed by atoms with Crippen molar-refractivity contribution in [2.75, 3.05) is 12.3 Å². The smallest absolute Gasteiger partial charge is 0.332 e. The Labute approximate surface area is 173 Å². The number of aromatic amines is 1. The van der Waals surface area contributed by atoms with Crippen molar-refractivity contribution in [1.29, 1.82) is 0 Å². The Kier molecular flexibility index (Phi) is 5.83. The number of rotatable bonds is 5. The van der Waals surface area contributed by atoms with Crippen LogP contribution in [0, 0.1) is 0 Å². The molecule has 31 heavy (non-hydrogen) atoms. The van der Waals surface area contributed by atoms with Gasteiger partial charge in [0.05, 0.1) is 0 Å². The van der Waals surface area contributed by atoms with E-state index in [9.17, 15) is 24.0 Å². The molecule has 2 aromatic rings. The summed E-state index contributed by atoms with van der Waals surface area (Å²) in [4.78, 5) is 66.2. The summed E-state index contributed by atoms with van der Waals surface area (Å²) in [5.41, 5.74) is 3.99. The second-order valence-corrected chi connectivity index (χ2v) is 6.85. The third kappa shape index (κ3) is 4.14. The highest BCUT2D eigenvalue weighted by molar-refractivity contribution is 5.72. The maximum absolute atomic E-state index is 13.0. The molecule has 3 heterocycles. The lowest BCUT2D eigenvalue weighted by Crippen LogP contribution is -2.41. The average molecular weight is 439 g/mol. The van der Waals surface area contributed by atoms with Gasteiger partial charge in [0.25, 0.3) is 5.56 Å². The molecule has 14 nitrogen and oxygen atoms in total. The number of carbonyl (C=O) groups is 3. The molecule has 1 saturated heterocycles. The topological polar surface area (TPSA) is 187 Å². The van der Waals surface area contributed by atoms with Gasteiger partial charge in [-0.2, -0.15) is 4.98 Å². The molecule has 0 aliphatic carbocycles. The van der Waals surface area contributed by atoms with E-state index < -0.39 is 53.7 Å². The summed E-state index contributed by atoms with van der Waals surface area (Å²) in [6.45, 7) is 3.07. The Morgan fingerprint density at radius 3 is 2.29 bits per heavy atom. The number of nitrogen functional groups attached to an aromatic ring is 1. The van der Waals surface area contributed by atoms with Crippen LogP contribution in [-0.2, 0) is 40.4 Å². The summed E-state index contributed by atoms with van der Waals surface area (Å²) in [7, 11) is 1.34. The molecule has 1 aliphatic heterocycles. The largest absolute Gasteiger partial charge is 0.463 e. The third-order valence-electron chi connectivity index (χ3n) is 4.55. The molecule has 168 valence electrons. The summed E-state index contributed by atoms with van der Waals surface area (Å²) in [6, 6.07) is 0. The maximum Gasteiger partial charge on any atom is 0.332 e. The van der Waals surface area contributed by atoms with E-state index in [4.69, 9.17) is 24.7 Å². The van der Waals surface area contributed by atoms with Gasteiger partial charge in [0.2, 0.25) is 5.95 Å². The van der Waals surface area contributed by atoms with Gasteiger partial charge in [0.1, 0.15) is 12.7 Å². The van der Waals surface area contributed by atoms with Gasteiger partial charge in [-0.1, -0.05) is 0 Å². The van der Waals surface area contributed by atoms with E-state index in [1.165, 1.54) is 14.0 Å². The molecule has 14 heteroatoms. The predicted octanol–water partition coefficient (Wildman–Crippen LogP) is -1.67. The van der Waals surface area contributed by atoms with Crippen LogP contribution in [0.3, 0.4) is 0 Å². The van der Waals surface area contributed by atoms with Crippen molar-refractivity contribution in [1.82, 2.24) is 19.1 Å². The molecular weight excluding hydrogens is 418 g/mol. The predicted molar refractivity (Wildman–Crippen MR) is 102 cm³/mol. The summed E-state index contributed by atoms with van der Waals surface area (Å²) in [5.74, 6) is -2.35. The standard InChI is InChI=1S/C17H21N5O9/c1-6(23)28-5-9-11(29-7(2)24)12(30-8(3)25)15(31-9)22-13-10(21(4)17(22)27)14(26)20-16(18)19-13/h9,11-12,15H,5H2,1-4H3,(H3,18,19,20,26)/t9-,11-,12-,15-/m1/s1. The number of anilines is 1. The van der Waals surface area contributed by atoms with Gasteiger partial charge < -0.3 is 24.7 Å². The van der Waals surface area contributed by atoms with Gasteiger partial charge in [0, 0.05) is 27.8 Å². The number of hydrogen-bond donors (Lipinski definition) is 2. The van der Waals surface area contributed by atoms with Crippen molar-refractivity contribution in [3.8, 4) is 0 Å². The number of nitrogens with zero attached hydrogens (tertiary/aromatic N) is 3. The van der Waals surface area contributed by atoms with Gasteiger partial charge in [-0.05, 0) is 0 Å². The molecule has 0 unspecified atom stereocenters. The minimum Gasteiger partial charge on any atom is -0.463 e. The second kappa shape index (κ2) is 8.22. The van der Waals surface area contributed by atoms with Crippen molar-refractivity contribution in [2.24, 2.45) is 7.05 Å². The molecule has 1 fully saturated rings. The van der Waals surface area contributed by atoms with E-state index >= 15 is 0 Å². The molecule has 4 atom stereocenters. The van der Waals surface area contributed by atoms with E-state index in [0.717, 1.165) is 23.0 Å². The number of nitrogens with one attached hydrogen (secondary N) is 1. The van der Waals surface area contributed by atoms with Crippen LogP contribution < -0.4 is 17.0 Å². The number of H-pyrrole nitrogens is 1. The monoisotopic (exact) mass is 439 g/mol. The van der Waals surface area contributed by atoms with Crippen LogP contribution in [-0.4, -0.2) is 61.9 Å². The number of esters is 3. The van der Waals surface area contributed by atoms with Crippen LogP contribution in [0.2, 0.25) is 0 Å². The van der Waals surface area contributed by atoms with E-state index in [1.54, 1.807) is 0 Å². The van der Waals surface area contributed by atoms with Crippen molar-refractivity contribution in [3.05, 3.63) is 20.8 Å². The lowest BCUT2D eigenvalue weighted by molar-refractivity contribution is -0.166. The molecule has 0 saturated carbocycles. The highest BCUT2D eigenvalue weighted by Gasteiger charge is 2.51. The zero-order valence-electron chi connectivity index (χ0n) is 17.1. The number of carbonyl (C=O) groups excluding carboxylic acids is 3. The fourth-order valence-electron chi connectivity index (χ4n) is 3.42. The molecule has 3 rings (SSSR count). The van der Waals surface area contributed by atoms with Gasteiger partial charge in [-0.3, -0.25) is 28.7 Å². The van der Waals surface area contributed by atoms with E-state index in [-0.39, 0.29) is 23.7 Å². The minimum absolute atomic E-state index is 0.100. The van der Waals surface area contributed by atoms with Crippen LogP contribution in [0.5, 0.6) is 0 Å². The average Bonchev–Trinajstić information content (AvgIpc) is 3.07. The molecule has 0 radical (unpaired) electrons. The molecule has 0 aromatic carbocycles. The SMILES string of the molecule is CC(=O)OC[C@H]1O[C@@H](n2c(=O)n(C)c3c(=O)[nH]c(N)nc32)[C@H](OC(C)=O)[C@@H]1OC(C)=O. The molecule has 2 aromatic heterocycles. The summed E-state index contributed by atoms with van der Waals surface area (Å²) in [6.07, 6.45) is -4.97. The Balaban J connectivity index is 2.18. The maximum atomic E-state index is 13.0. The van der Waals surface area contributed by atoms with Crippen LogP contribution in [0.25, 0.3) is 11.2 Å². The summed E-state index contributed by atoms with van der Waals surface area (Å²) < 4.78 is 23.3. The number of nitrogens with two attached hydrogens (primary N) is 1. The van der Waals surface area contributed by atoms with Crippen LogP contribution in [0.1, 0.15) is 27.0 Å². The van der Waals surface area contributed by atoms with E-state index in [2.05, 4.69) is 9.97 Å². The normalized spacial score (nSPS) is 23.0. The van der Waals surface area contributed by atoms with Crippen LogP contribution in [0.15, 0.2) is 9.59 Å². The Morgan fingerprint density at radius 1 is 1.10 bits per heavy atom. The van der Waals surface area contributed by atoms with Crippen molar-refractivity contribution < 1.29 is 33.3 Å². The molecule has 0 amide bonds. The highest BCUT2D eigenvalue weighted by atomic mass is 16.7. The second-order valence-electron chi connectivity index (χ2n) is 6.85. The molecule has 0 bridgehead atoms. The van der Waals surface area contributed by atoms with Gasteiger partial charge in [-0.25, -0.2) is 9.36 Å². The van der Waals surface area contributed by atoms with Gasteiger partial charge in [0.15, 0.2) is 29.6 Å². The van der Waals surface area contributed by atoms with E-state index in [0.29, 0.717) is 0 Å². The molecule has 0 spiro atoms. The first-order valence-electron chi connectivity index (χ1n) is 9.11. The number of aryl methyl sites for hydroxylation is 1. The Morgan fingerprint density at radius 2 is 1.71 bits per heavy atom. The minimum atomic E-state index is -1.36. The van der Waals surface area contributed by atoms with Crippen LogP contribution >= 0.6 is 0 Å². The number of imidazole rings is 1. The Bertz CT molecular complexity index is 1160. The molecule has 1 aliphatic rings. The first-order chi connectivity index (χ1) is 14.5. The number of hydrogen-bond acceptors (Lipinski definition) is 11. The molecular formula is C17H21N5O9. The Hall–Kier alpha value is -3.68. The van der Waals surface area contributed by atoms with Crippen molar-refractivity contribution in [3.63, 3.8) is 0 Å². The fourth-order valence-corrected chi connectivity index (χ4v) is 3.42.